The van der Waals surface area contributed by atoms with Crippen molar-refractivity contribution in [2.24, 2.45) is 0 Å². The van der Waals surface area contributed by atoms with Gasteiger partial charge >= 0.3 is 6.16 Å². The van der Waals surface area contributed by atoms with Crippen LogP contribution in [-0.2, 0) is 9.57 Å². The third kappa shape index (κ3) is 2.57. The molecule has 1 aromatic rings. The topological polar surface area (TPSA) is 72.9 Å². The molecule has 0 saturated carbocycles. The maximum absolute atomic E-state index is 11.8. The standard InChI is InChI=1S/C13H13NO5/c1-2-3-8-18-13(17)19-14-11(15)9-6-4-5-7-10(9)12(14)16/h4-7H,2-3,8H2,1H3. The number of nitrogens with zero attached hydrogens (tertiary/aromatic N) is 1. The molecule has 0 aromatic heterocycles. The maximum atomic E-state index is 11.8. The van der Waals surface area contributed by atoms with Crippen LogP contribution in [0.3, 0.4) is 0 Å². The second-order valence-electron chi connectivity index (χ2n) is 3.99. The van der Waals surface area contributed by atoms with Crippen molar-refractivity contribution in [2.45, 2.75) is 19.8 Å². The molecule has 19 heavy (non-hydrogen) atoms. The van der Waals surface area contributed by atoms with Crippen molar-refractivity contribution in [3.8, 4) is 0 Å². The number of carbonyl (C=O) groups excluding carboxylic acids is 3. The van der Waals surface area contributed by atoms with Gasteiger partial charge in [-0.3, -0.25) is 14.4 Å². The summed E-state index contributed by atoms with van der Waals surface area (Å²) in [5.74, 6) is -1.32. The fourth-order valence-corrected chi connectivity index (χ4v) is 1.65. The molecule has 1 aliphatic heterocycles. The molecule has 100 valence electrons. The molecule has 0 radical (unpaired) electrons. The van der Waals surface area contributed by atoms with Crippen molar-refractivity contribution in [1.82, 2.24) is 5.06 Å². The summed E-state index contributed by atoms with van der Waals surface area (Å²) in [7, 11) is 0. The Labute approximate surface area is 109 Å². The predicted molar refractivity (Wildman–Crippen MR) is 64.3 cm³/mol. The largest absolute Gasteiger partial charge is 0.533 e. The Morgan fingerprint density at radius 1 is 1.16 bits per heavy atom. The lowest BCUT2D eigenvalue weighted by molar-refractivity contribution is -0.0742. The molecular weight excluding hydrogens is 250 g/mol. The van der Waals surface area contributed by atoms with Crippen LogP contribution in [0.15, 0.2) is 24.3 Å². The van der Waals surface area contributed by atoms with Gasteiger partial charge in [0.1, 0.15) is 0 Å². The molecule has 6 nitrogen and oxygen atoms in total. The zero-order valence-corrected chi connectivity index (χ0v) is 10.4. The minimum atomic E-state index is -1.05. The first-order valence-corrected chi connectivity index (χ1v) is 5.97. The number of imide groups is 1. The van der Waals surface area contributed by atoms with Crippen molar-refractivity contribution < 1.29 is 24.0 Å². The lowest BCUT2D eigenvalue weighted by Crippen LogP contribution is -2.33. The van der Waals surface area contributed by atoms with Gasteiger partial charge in [0.05, 0.1) is 17.7 Å². The highest BCUT2D eigenvalue weighted by molar-refractivity contribution is 6.20. The summed E-state index contributed by atoms with van der Waals surface area (Å²) in [5.41, 5.74) is 0.433. The minimum Gasteiger partial charge on any atom is -0.433 e. The van der Waals surface area contributed by atoms with Crippen LogP contribution in [-0.4, -0.2) is 29.6 Å². The molecule has 0 aliphatic carbocycles. The van der Waals surface area contributed by atoms with Gasteiger partial charge in [-0.1, -0.05) is 30.5 Å². The number of rotatable bonds is 4. The van der Waals surface area contributed by atoms with E-state index < -0.39 is 18.0 Å². The summed E-state index contributed by atoms with van der Waals surface area (Å²) < 4.78 is 4.73. The van der Waals surface area contributed by atoms with E-state index in [2.05, 4.69) is 4.84 Å². The monoisotopic (exact) mass is 263 g/mol. The number of ether oxygens (including phenoxy) is 1. The Balaban J connectivity index is 2.02. The quantitative estimate of drug-likeness (QED) is 0.473. The van der Waals surface area contributed by atoms with Crippen molar-refractivity contribution in [1.29, 1.82) is 0 Å². The Hall–Kier alpha value is -2.37. The van der Waals surface area contributed by atoms with Gasteiger partial charge in [0.15, 0.2) is 0 Å². The van der Waals surface area contributed by atoms with E-state index in [4.69, 9.17) is 4.74 Å². The third-order valence-electron chi connectivity index (χ3n) is 2.64. The van der Waals surface area contributed by atoms with Crippen LogP contribution in [0, 0.1) is 0 Å². The van der Waals surface area contributed by atoms with E-state index in [0.717, 1.165) is 6.42 Å². The van der Waals surface area contributed by atoms with E-state index in [1.54, 1.807) is 12.1 Å². The highest BCUT2D eigenvalue weighted by Crippen LogP contribution is 2.22. The van der Waals surface area contributed by atoms with Gasteiger partial charge in [0.25, 0.3) is 11.8 Å². The number of carbonyl (C=O) groups is 3. The zero-order valence-electron chi connectivity index (χ0n) is 10.4. The summed E-state index contributed by atoms with van der Waals surface area (Å²) in [6.07, 6.45) is 0.500. The molecule has 0 spiro atoms. The lowest BCUT2D eigenvalue weighted by atomic mass is 10.1. The molecule has 0 bridgehead atoms. The molecular formula is C13H13NO5. The second-order valence-corrected chi connectivity index (χ2v) is 3.99. The van der Waals surface area contributed by atoms with Crippen molar-refractivity contribution in [3.63, 3.8) is 0 Å². The van der Waals surface area contributed by atoms with Crippen LogP contribution in [0.5, 0.6) is 0 Å². The Morgan fingerprint density at radius 2 is 1.74 bits per heavy atom. The van der Waals surface area contributed by atoms with Crippen LogP contribution in [0.1, 0.15) is 40.5 Å². The number of unbranched alkanes of at least 4 members (excludes halogenated alkanes) is 1. The van der Waals surface area contributed by atoms with Gasteiger partial charge < -0.3 is 4.74 Å². The zero-order chi connectivity index (χ0) is 13.8. The first-order valence-electron chi connectivity index (χ1n) is 5.97. The van der Waals surface area contributed by atoms with Gasteiger partial charge in [0, 0.05) is 0 Å². The molecule has 1 aliphatic rings. The first-order chi connectivity index (χ1) is 9.15. The molecule has 1 heterocycles. The van der Waals surface area contributed by atoms with Gasteiger partial charge in [-0.2, -0.15) is 0 Å². The summed E-state index contributed by atoms with van der Waals surface area (Å²) in [5, 5.41) is 0.430. The number of fused-ring (bicyclic) bond motifs is 1. The Bertz CT molecular complexity index is 491. The van der Waals surface area contributed by atoms with E-state index in [0.29, 0.717) is 11.5 Å². The molecule has 0 fully saturated rings. The van der Waals surface area contributed by atoms with Crippen LogP contribution in [0.25, 0.3) is 0 Å². The van der Waals surface area contributed by atoms with Crippen molar-refractivity contribution in [2.75, 3.05) is 6.61 Å². The van der Waals surface area contributed by atoms with Crippen molar-refractivity contribution >= 4 is 18.0 Å². The second kappa shape index (κ2) is 5.51. The number of hydroxylamine groups is 2. The molecule has 6 heteroatoms. The smallest absolute Gasteiger partial charge is 0.433 e. The lowest BCUT2D eigenvalue weighted by Gasteiger charge is -2.12. The number of hydrogen-bond donors (Lipinski definition) is 0. The summed E-state index contributed by atoms with van der Waals surface area (Å²) >= 11 is 0. The maximum Gasteiger partial charge on any atom is 0.533 e. The van der Waals surface area contributed by atoms with E-state index in [1.807, 2.05) is 6.92 Å². The molecule has 0 atom stereocenters. The summed E-state index contributed by atoms with van der Waals surface area (Å²) in [4.78, 5) is 39.7. The SMILES string of the molecule is CCCCOC(=O)ON1C(=O)c2ccccc2C1=O. The molecule has 0 saturated heterocycles. The average molecular weight is 263 g/mol. The van der Waals surface area contributed by atoms with E-state index >= 15 is 0 Å². The number of amides is 2. The Kier molecular flexibility index (Phi) is 3.79. The van der Waals surface area contributed by atoms with Crippen LogP contribution in [0.2, 0.25) is 0 Å². The average Bonchev–Trinajstić information content (AvgIpc) is 2.65. The predicted octanol–water partition coefficient (Wildman–Crippen LogP) is 2.15. The first kappa shape index (κ1) is 13.1. The highest BCUT2D eigenvalue weighted by atomic mass is 16.8. The molecule has 0 unspecified atom stereocenters. The van der Waals surface area contributed by atoms with Crippen LogP contribution >= 0.6 is 0 Å². The van der Waals surface area contributed by atoms with E-state index in [-0.39, 0.29) is 17.7 Å². The van der Waals surface area contributed by atoms with Gasteiger partial charge in [-0.25, -0.2) is 4.79 Å². The fraction of sp³-hybridized carbons (Fsp3) is 0.308. The Morgan fingerprint density at radius 3 is 2.26 bits per heavy atom. The van der Waals surface area contributed by atoms with Gasteiger partial charge in [-0.05, 0) is 18.6 Å². The van der Waals surface area contributed by atoms with Crippen LogP contribution in [0.4, 0.5) is 4.79 Å². The van der Waals surface area contributed by atoms with Crippen molar-refractivity contribution in [3.05, 3.63) is 35.4 Å². The minimum absolute atomic E-state index is 0.193. The van der Waals surface area contributed by atoms with Gasteiger partial charge in [-0.15, -0.1) is 0 Å². The molecule has 2 rings (SSSR count). The molecule has 2 amide bonds. The summed E-state index contributed by atoms with van der Waals surface area (Å²) in [6.45, 7) is 2.14. The van der Waals surface area contributed by atoms with Gasteiger partial charge in [0.2, 0.25) is 0 Å². The number of hydrogen-bond acceptors (Lipinski definition) is 5. The highest BCUT2D eigenvalue weighted by Gasteiger charge is 2.38. The molecule has 0 N–H and O–H groups in total. The normalized spacial score (nSPS) is 13.4. The number of benzene rings is 1. The van der Waals surface area contributed by atoms with E-state index in [1.165, 1.54) is 12.1 Å². The third-order valence-corrected chi connectivity index (χ3v) is 2.64. The van der Waals surface area contributed by atoms with E-state index in [9.17, 15) is 14.4 Å². The fourth-order valence-electron chi connectivity index (χ4n) is 1.65. The summed E-state index contributed by atoms with van der Waals surface area (Å²) in [6, 6.07) is 6.27. The molecule has 1 aromatic carbocycles. The van der Waals surface area contributed by atoms with Crippen LogP contribution < -0.4 is 0 Å².